The number of thioether (sulfide) groups is 1. The second-order valence-electron chi connectivity index (χ2n) is 5.00. The third kappa shape index (κ3) is 3.33. The van der Waals surface area contributed by atoms with Gasteiger partial charge in [-0.25, -0.2) is 0 Å². The molecule has 0 aliphatic carbocycles. The minimum atomic E-state index is -0.0102. The van der Waals surface area contributed by atoms with E-state index in [1.165, 1.54) is 5.56 Å². The maximum Gasteiger partial charge on any atom is 0.241 e. The van der Waals surface area contributed by atoms with Gasteiger partial charge in [-0.1, -0.05) is 20.3 Å². The molecule has 3 atom stereocenters. The van der Waals surface area contributed by atoms with E-state index in [0.29, 0.717) is 5.25 Å². The van der Waals surface area contributed by atoms with Crippen molar-refractivity contribution < 1.29 is 4.79 Å². The summed E-state index contributed by atoms with van der Waals surface area (Å²) in [5.41, 5.74) is 1.21. The summed E-state index contributed by atoms with van der Waals surface area (Å²) in [5, 5.41) is 8.17. The first-order valence-corrected chi connectivity index (χ1v) is 9.01. The molecule has 1 N–H and O–H groups in total. The summed E-state index contributed by atoms with van der Waals surface area (Å²) < 4.78 is 0. The second-order valence-corrected chi connectivity index (χ2v) is 7.06. The van der Waals surface area contributed by atoms with Gasteiger partial charge in [0.25, 0.3) is 0 Å². The van der Waals surface area contributed by atoms with Crippen LogP contribution in [0.1, 0.15) is 38.4 Å². The van der Waals surface area contributed by atoms with Crippen LogP contribution < -0.4 is 5.32 Å². The van der Waals surface area contributed by atoms with E-state index in [1.54, 1.807) is 11.3 Å². The smallest absolute Gasteiger partial charge is 0.241 e. The third-order valence-electron chi connectivity index (χ3n) is 3.54. The lowest BCUT2D eigenvalue weighted by molar-refractivity contribution is -0.130. The minimum Gasteiger partial charge on any atom is -0.320 e. The average molecular weight is 298 g/mol. The van der Waals surface area contributed by atoms with Crippen molar-refractivity contribution in [3.8, 4) is 0 Å². The largest absolute Gasteiger partial charge is 0.320 e. The summed E-state index contributed by atoms with van der Waals surface area (Å²) in [6, 6.07) is 2.10. The van der Waals surface area contributed by atoms with Gasteiger partial charge >= 0.3 is 0 Å². The highest BCUT2D eigenvalue weighted by atomic mass is 32.2. The molecule has 1 aromatic rings. The lowest BCUT2D eigenvalue weighted by Crippen LogP contribution is -2.35. The topological polar surface area (TPSA) is 32.3 Å². The molecule has 1 aliphatic heterocycles. The van der Waals surface area contributed by atoms with Crippen molar-refractivity contribution in [2.75, 3.05) is 12.8 Å². The van der Waals surface area contributed by atoms with E-state index >= 15 is 0 Å². The van der Waals surface area contributed by atoms with E-state index in [2.05, 4.69) is 42.2 Å². The maximum absolute atomic E-state index is 12.5. The summed E-state index contributed by atoms with van der Waals surface area (Å²) >= 11 is 3.49. The highest BCUT2D eigenvalue weighted by molar-refractivity contribution is 7.99. The molecule has 1 aromatic heterocycles. The van der Waals surface area contributed by atoms with Crippen molar-refractivity contribution in [3.05, 3.63) is 22.4 Å². The molecule has 1 saturated heterocycles. The fraction of sp³-hybridized carbons (Fsp3) is 0.643. The molecule has 19 heavy (non-hydrogen) atoms. The van der Waals surface area contributed by atoms with E-state index in [0.717, 1.165) is 19.4 Å². The van der Waals surface area contributed by atoms with Crippen LogP contribution in [0.5, 0.6) is 0 Å². The number of hydrogen-bond acceptors (Lipinski definition) is 4. The van der Waals surface area contributed by atoms with Gasteiger partial charge in [-0.15, -0.1) is 0 Å². The fourth-order valence-electron chi connectivity index (χ4n) is 2.43. The molecule has 5 heteroatoms. The molecular weight excluding hydrogens is 276 g/mol. The molecule has 3 nitrogen and oxygen atoms in total. The number of amides is 1. The van der Waals surface area contributed by atoms with Gasteiger partial charge in [0, 0.05) is 11.8 Å². The van der Waals surface area contributed by atoms with E-state index in [4.69, 9.17) is 0 Å². The van der Waals surface area contributed by atoms with Gasteiger partial charge < -0.3 is 4.90 Å². The molecule has 1 amide bonds. The maximum atomic E-state index is 12.5. The highest BCUT2D eigenvalue weighted by Gasteiger charge is 2.39. The van der Waals surface area contributed by atoms with Crippen LogP contribution in [0, 0.1) is 0 Å². The molecule has 3 unspecified atom stereocenters. The summed E-state index contributed by atoms with van der Waals surface area (Å²) in [5.74, 6) is 0.263. The Balaban J connectivity index is 2.16. The second kappa shape index (κ2) is 6.77. The van der Waals surface area contributed by atoms with Crippen LogP contribution in [0.4, 0.5) is 0 Å². The normalized spacial score (nSPS) is 25.0. The standard InChI is InChI=1S/C14H22N2OS2/c1-4-5-12-14(17)16(8-10(2)18-3)13(15-12)11-6-7-19-9-11/h6-7,9-10,12-13,15H,4-5,8H2,1-3H3. The minimum absolute atomic E-state index is 0.0102. The number of carbonyl (C=O) groups is 1. The van der Waals surface area contributed by atoms with Gasteiger partial charge in [0.2, 0.25) is 5.91 Å². The van der Waals surface area contributed by atoms with Crippen molar-refractivity contribution in [2.24, 2.45) is 0 Å². The van der Waals surface area contributed by atoms with E-state index in [1.807, 2.05) is 16.7 Å². The SMILES string of the molecule is CCCC1NC(c2ccsc2)N(CC(C)SC)C1=O. The summed E-state index contributed by atoms with van der Waals surface area (Å²) in [7, 11) is 0. The van der Waals surface area contributed by atoms with Gasteiger partial charge in [0.05, 0.1) is 6.04 Å². The molecule has 1 aliphatic rings. The molecular formula is C14H22N2OS2. The zero-order valence-electron chi connectivity index (χ0n) is 11.8. The molecule has 2 rings (SSSR count). The predicted octanol–water partition coefficient (Wildman–Crippen LogP) is 3.10. The molecule has 0 aromatic carbocycles. The molecule has 0 saturated carbocycles. The van der Waals surface area contributed by atoms with Gasteiger partial charge in [0.1, 0.15) is 6.17 Å². The van der Waals surface area contributed by atoms with Crippen LogP contribution in [-0.4, -0.2) is 34.9 Å². The Hall–Kier alpha value is -0.520. The van der Waals surface area contributed by atoms with Crippen molar-refractivity contribution in [3.63, 3.8) is 0 Å². The van der Waals surface area contributed by atoms with Crippen LogP contribution in [0.3, 0.4) is 0 Å². The van der Waals surface area contributed by atoms with E-state index in [9.17, 15) is 4.79 Å². The van der Waals surface area contributed by atoms with Crippen LogP contribution in [-0.2, 0) is 4.79 Å². The van der Waals surface area contributed by atoms with Gasteiger partial charge in [-0.2, -0.15) is 23.1 Å². The zero-order chi connectivity index (χ0) is 13.8. The first-order chi connectivity index (χ1) is 9.17. The summed E-state index contributed by atoms with van der Waals surface area (Å²) in [4.78, 5) is 14.5. The lowest BCUT2D eigenvalue weighted by atomic mass is 10.2. The Morgan fingerprint density at radius 3 is 2.95 bits per heavy atom. The quantitative estimate of drug-likeness (QED) is 0.876. The number of nitrogens with one attached hydrogen (secondary N) is 1. The molecule has 106 valence electrons. The van der Waals surface area contributed by atoms with Gasteiger partial charge in [0.15, 0.2) is 0 Å². The fourth-order valence-corrected chi connectivity index (χ4v) is 3.42. The van der Waals surface area contributed by atoms with E-state index < -0.39 is 0 Å². The summed E-state index contributed by atoms with van der Waals surface area (Å²) in [6.07, 6.45) is 4.11. The number of thiophene rings is 1. The Labute approximate surface area is 123 Å². The molecule has 0 spiro atoms. The van der Waals surface area contributed by atoms with Crippen LogP contribution in [0.15, 0.2) is 16.8 Å². The van der Waals surface area contributed by atoms with Crippen LogP contribution >= 0.6 is 23.1 Å². The van der Waals surface area contributed by atoms with Gasteiger partial charge in [-0.05, 0) is 35.1 Å². The van der Waals surface area contributed by atoms with Crippen LogP contribution in [0.25, 0.3) is 0 Å². The first-order valence-electron chi connectivity index (χ1n) is 6.78. The monoisotopic (exact) mass is 298 g/mol. The highest BCUT2D eigenvalue weighted by Crippen LogP contribution is 2.29. The van der Waals surface area contributed by atoms with Crippen molar-refractivity contribution in [2.45, 2.75) is 44.1 Å². The Bertz CT molecular complexity index is 408. The zero-order valence-corrected chi connectivity index (χ0v) is 13.4. The average Bonchev–Trinajstić information content (AvgIpc) is 3.02. The Kier molecular flexibility index (Phi) is 5.30. The molecule has 1 fully saturated rings. The van der Waals surface area contributed by atoms with Crippen molar-refractivity contribution in [1.29, 1.82) is 0 Å². The number of nitrogens with zero attached hydrogens (tertiary/aromatic N) is 1. The lowest BCUT2D eigenvalue weighted by Gasteiger charge is -2.26. The number of hydrogen-bond donors (Lipinski definition) is 1. The third-order valence-corrected chi connectivity index (χ3v) is 5.20. The molecule has 2 heterocycles. The molecule has 0 bridgehead atoms. The van der Waals surface area contributed by atoms with E-state index in [-0.39, 0.29) is 18.1 Å². The Morgan fingerprint density at radius 1 is 1.58 bits per heavy atom. The summed E-state index contributed by atoms with van der Waals surface area (Å²) in [6.45, 7) is 5.12. The number of rotatable bonds is 6. The Morgan fingerprint density at radius 2 is 2.37 bits per heavy atom. The van der Waals surface area contributed by atoms with Crippen LogP contribution in [0.2, 0.25) is 0 Å². The van der Waals surface area contributed by atoms with Gasteiger partial charge in [-0.3, -0.25) is 10.1 Å². The first kappa shape index (κ1) is 14.9. The van der Waals surface area contributed by atoms with Crippen molar-refractivity contribution >= 4 is 29.0 Å². The number of carbonyl (C=O) groups excluding carboxylic acids is 1. The predicted molar refractivity (Wildman–Crippen MR) is 83.6 cm³/mol. The van der Waals surface area contributed by atoms with Crippen molar-refractivity contribution in [1.82, 2.24) is 10.2 Å². The molecule has 0 radical (unpaired) electrons.